The quantitative estimate of drug-likeness (QED) is 0.546. The lowest BCUT2D eigenvalue weighted by Gasteiger charge is -2.05. The van der Waals surface area contributed by atoms with Crippen LogP contribution in [0.15, 0.2) is 0 Å². The molecular weight excluding hydrogens is 230 g/mol. The van der Waals surface area contributed by atoms with Crippen molar-refractivity contribution >= 4 is 11.7 Å². The fourth-order valence-corrected chi connectivity index (χ4v) is 1.63. The zero-order chi connectivity index (χ0) is 13.6. The van der Waals surface area contributed by atoms with E-state index in [1.807, 2.05) is 13.8 Å². The van der Waals surface area contributed by atoms with E-state index in [1.54, 1.807) is 0 Å². The van der Waals surface area contributed by atoms with Gasteiger partial charge < -0.3 is 10.1 Å². The van der Waals surface area contributed by atoms with Crippen molar-refractivity contribution in [1.29, 1.82) is 0 Å². The van der Waals surface area contributed by atoms with Crippen molar-refractivity contribution in [2.24, 2.45) is 0 Å². The van der Waals surface area contributed by atoms with Gasteiger partial charge in [0, 0.05) is 26.0 Å². The Morgan fingerprint density at radius 3 is 2.33 bits per heavy atom. The number of rotatable bonds is 12. The number of carbonyl (C=O) groups is 2. The molecule has 0 aromatic heterocycles. The summed E-state index contributed by atoms with van der Waals surface area (Å²) in [5.74, 6) is 0.323. The van der Waals surface area contributed by atoms with Gasteiger partial charge >= 0.3 is 0 Å². The average Bonchev–Trinajstić information content (AvgIpc) is 2.38. The third-order valence-corrected chi connectivity index (χ3v) is 2.79. The molecule has 4 heteroatoms. The number of carbonyl (C=O) groups excluding carboxylic acids is 2. The summed E-state index contributed by atoms with van der Waals surface area (Å²) in [7, 11) is 0. The van der Waals surface area contributed by atoms with Gasteiger partial charge in [-0.1, -0.05) is 26.2 Å². The van der Waals surface area contributed by atoms with Crippen molar-refractivity contribution < 1.29 is 14.3 Å². The molecule has 0 aliphatic heterocycles. The van der Waals surface area contributed by atoms with Crippen LogP contribution in [0, 0.1) is 0 Å². The molecule has 0 aliphatic carbocycles. The summed E-state index contributed by atoms with van der Waals surface area (Å²) in [6, 6.07) is 0. The van der Waals surface area contributed by atoms with Crippen molar-refractivity contribution in [3.05, 3.63) is 0 Å². The summed E-state index contributed by atoms with van der Waals surface area (Å²) < 4.78 is 4.99. The molecule has 0 rings (SSSR count). The Morgan fingerprint density at radius 1 is 1.00 bits per heavy atom. The zero-order valence-corrected chi connectivity index (χ0v) is 11.8. The first-order valence-electron chi connectivity index (χ1n) is 7.06. The topological polar surface area (TPSA) is 55.4 Å². The first kappa shape index (κ1) is 17.1. The van der Waals surface area contributed by atoms with E-state index in [0.29, 0.717) is 18.8 Å². The number of nitrogens with one attached hydrogen (secondary N) is 1. The van der Waals surface area contributed by atoms with E-state index in [2.05, 4.69) is 5.32 Å². The molecule has 0 heterocycles. The summed E-state index contributed by atoms with van der Waals surface area (Å²) in [6.07, 6.45) is 6.74. The number of hydrogen-bond acceptors (Lipinski definition) is 3. The lowest BCUT2D eigenvalue weighted by atomic mass is 10.1. The summed E-state index contributed by atoms with van der Waals surface area (Å²) in [5, 5.41) is 2.82. The number of hydrogen-bond donors (Lipinski definition) is 1. The molecule has 1 amide bonds. The van der Waals surface area contributed by atoms with E-state index in [9.17, 15) is 9.59 Å². The number of Topliss-reactive ketones (excluding diaryl/α,β-unsaturated/α-hetero) is 1. The summed E-state index contributed by atoms with van der Waals surface area (Å²) in [5.41, 5.74) is 0. The molecule has 0 aromatic carbocycles. The molecule has 0 radical (unpaired) electrons. The molecule has 0 spiro atoms. The molecule has 0 saturated heterocycles. The van der Waals surface area contributed by atoms with Crippen molar-refractivity contribution in [3.63, 3.8) is 0 Å². The SMILES string of the molecule is CCOCC(=O)NCCCCCCCC(=O)CC. The fourth-order valence-electron chi connectivity index (χ4n) is 1.63. The van der Waals surface area contributed by atoms with Gasteiger partial charge in [0.1, 0.15) is 12.4 Å². The van der Waals surface area contributed by atoms with Crippen LogP contribution in [0.1, 0.15) is 58.8 Å². The van der Waals surface area contributed by atoms with E-state index >= 15 is 0 Å². The Bertz CT molecular complexity index is 229. The Kier molecular flexibility index (Phi) is 11.9. The highest BCUT2D eigenvalue weighted by atomic mass is 16.5. The number of ketones is 1. The van der Waals surface area contributed by atoms with Crippen molar-refractivity contribution in [1.82, 2.24) is 5.32 Å². The maximum Gasteiger partial charge on any atom is 0.245 e. The van der Waals surface area contributed by atoms with E-state index in [1.165, 1.54) is 0 Å². The average molecular weight is 257 g/mol. The van der Waals surface area contributed by atoms with Gasteiger partial charge in [0.25, 0.3) is 0 Å². The molecule has 0 aromatic rings. The number of ether oxygens (including phenoxy) is 1. The molecule has 1 N–H and O–H groups in total. The predicted octanol–water partition coefficient (Wildman–Crippen LogP) is 2.46. The maximum absolute atomic E-state index is 11.2. The van der Waals surface area contributed by atoms with Gasteiger partial charge in [0.2, 0.25) is 5.91 Å². The van der Waals surface area contributed by atoms with E-state index in [0.717, 1.165) is 45.1 Å². The minimum Gasteiger partial charge on any atom is -0.372 e. The van der Waals surface area contributed by atoms with E-state index in [4.69, 9.17) is 4.74 Å². The van der Waals surface area contributed by atoms with Crippen LogP contribution in [0.3, 0.4) is 0 Å². The van der Waals surface area contributed by atoms with Crippen LogP contribution < -0.4 is 5.32 Å². The van der Waals surface area contributed by atoms with Crippen LogP contribution in [0.4, 0.5) is 0 Å². The van der Waals surface area contributed by atoms with Crippen LogP contribution in [0.25, 0.3) is 0 Å². The first-order valence-corrected chi connectivity index (χ1v) is 7.06. The van der Waals surface area contributed by atoms with Gasteiger partial charge in [-0.05, 0) is 19.8 Å². The normalized spacial score (nSPS) is 10.3. The smallest absolute Gasteiger partial charge is 0.245 e. The summed E-state index contributed by atoms with van der Waals surface area (Å²) in [6.45, 7) is 5.24. The third-order valence-electron chi connectivity index (χ3n) is 2.79. The molecule has 0 saturated carbocycles. The Morgan fingerprint density at radius 2 is 1.67 bits per heavy atom. The molecule has 0 aliphatic rings. The molecule has 18 heavy (non-hydrogen) atoms. The minimum atomic E-state index is -0.0367. The Balaban J connectivity index is 3.16. The van der Waals surface area contributed by atoms with Crippen LogP contribution in [0.2, 0.25) is 0 Å². The van der Waals surface area contributed by atoms with Crippen LogP contribution in [0.5, 0.6) is 0 Å². The van der Waals surface area contributed by atoms with E-state index < -0.39 is 0 Å². The molecule has 0 fully saturated rings. The van der Waals surface area contributed by atoms with Gasteiger partial charge in [-0.2, -0.15) is 0 Å². The van der Waals surface area contributed by atoms with Gasteiger partial charge in [0.05, 0.1) is 0 Å². The van der Waals surface area contributed by atoms with Crippen LogP contribution >= 0.6 is 0 Å². The second-order valence-electron chi connectivity index (χ2n) is 4.40. The Labute approximate surface area is 110 Å². The van der Waals surface area contributed by atoms with Crippen molar-refractivity contribution in [2.75, 3.05) is 19.8 Å². The van der Waals surface area contributed by atoms with Gasteiger partial charge in [-0.15, -0.1) is 0 Å². The third kappa shape index (κ3) is 11.6. The second kappa shape index (κ2) is 12.6. The minimum absolute atomic E-state index is 0.0367. The van der Waals surface area contributed by atoms with Crippen molar-refractivity contribution in [2.45, 2.75) is 58.8 Å². The maximum atomic E-state index is 11.2. The van der Waals surface area contributed by atoms with Crippen LogP contribution in [-0.2, 0) is 14.3 Å². The standard InChI is InChI=1S/C14H27NO3/c1-3-13(16)10-8-6-5-7-9-11-15-14(17)12-18-4-2/h3-12H2,1-2H3,(H,15,17). The summed E-state index contributed by atoms with van der Waals surface area (Å²) >= 11 is 0. The van der Waals surface area contributed by atoms with Gasteiger partial charge in [0.15, 0.2) is 0 Å². The zero-order valence-electron chi connectivity index (χ0n) is 11.8. The predicted molar refractivity (Wildman–Crippen MR) is 72.5 cm³/mol. The molecular formula is C14H27NO3. The number of unbranched alkanes of at least 4 members (excludes halogenated alkanes) is 4. The lowest BCUT2D eigenvalue weighted by molar-refractivity contribution is -0.125. The van der Waals surface area contributed by atoms with E-state index in [-0.39, 0.29) is 12.5 Å². The monoisotopic (exact) mass is 257 g/mol. The molecule has 4 nitrogen and oxygen atoms in total. The molecule has 0 atom stereocenters. The highest BCUT2D eigenvalue weighted by Crippen LogP contribution is 2.06. The molecule has 0 bridgehead atoms. The fraction of sp³-hybridized carbons (Fsp3) is 0.857. The summed E-state index contributed by atoms with van der Waals surface area (Å²) in [4.78, 5) is 22.2. The highest BCUT2D eigenvalue weighted by Gasteiger charge is 2.00. The molecule has 106 valence electrons. The van der Waals surface area contributed by atoms with Gasteiger partial charge in [-0.3, -0.25) is 9.59 Å². The molecule has 0 unspecified atom stereocenters. The van der Waals surface area contributed by atoms with Crippen molar-refractivity contribution in [3.8, 4) is 0 Å². The largest absolute Gasteiger partial charge is 0.372 e. The second-order valence-corrected chi connectivity index (χ2v) is 4.40. The first-order chi connectivity index (χ1) is 8.70. The lowest BCUT2D eigenvalue weighted by Crippen LogP contribution is -2.28. The van der Waals surface area contributed by atoms with Crippen LogP contribution in [-0.4, -0.2) is 31.4 Å². The highest BCUT2D eigenvalue weighted by molar-refractivity contribution is 5.77. The van der Waals surface area contributed by atoms with Gasteiger partial charge in [-0.25, -0.2) is 0 Å². The number of amides is 1. The Hall–Kier alpha value is -0.900.